The van der Waals surface area contributed by atoms with Crippen LogP contribution in [-0.4, -0.2) is 23.9 Å². The Balaban J connectivity index is -0.000000361. The Morgan fingerprint density at radius 3 is 1.05 bits per heavy atom. The fourth-order valence-electron chi connectivity index (χ4n) is 2.29. The van der Waals surface area contributed by atoms with E-state index in [9.17, 15) is 39.6 Å². The average Bonchev–Trinajstić information content (AvgIpc) is 2.57. The van der Waals surface area contributed by atoms with Gasteiger partial charge >= 0.3 is 206 Å². The molecule has 0 saturated heterocycles. The van der Waals surface area contributed by atoms with Crippen molar-refractivity contribution in [1.82, 2.24) is 0 Å². The van der Waals surface area contributed by atoms with Crippen LogP contribution in [0.3, 0.4) is 0 Å². The van der Waals surface area contributed by atoms with Gasteiger partial charge in [-0.1, -0.05) is 0 Å². The summed E-state index contributed by atoms with van der Waals surface area (Å²) in [6.45, 7) is 0. The van der Waals surface area contributed by atoms with Gasteiger partial charge in [0.2, 0.25) is 0 Å². The summed E-state index contributed by atoms with van der Waals surface area (Å²) in [4.78, 5) is 43.1. The Morgan fingerprint density at radius 2 is 0.905 bits per heavy atom. The zero-order valence-corrected chi connectivity index (χ0v) is 24.8. The van der Waals surface area contributed by atoms with Gasteiger partial charge in [-0.3, -0.25) is 0 Å². The summed E-state index contributed by atoms with van der Waals surface area (Å²) in [5.74, 6) is -12.6. The van der Waals surface area contributed by atoms with E-state index in [0.29, 0.717) is 0 Å². The molecule has 12 heteroatoms. The van der Waals surface area contributed by atoms with Gasteiger partial charge in [-0.15, -0.1) is 0 Å². The molecular formula is C9H6K4O8. The molecule has 0 amide bonds. The summed E-state index contributed by atoms with van der Waals surface area (Å²) in [6.07, 6.45) is -0.939. The molecule has 2 atom stereocenters. The van der Waals surface area contributed by atoms with E-state index in [2.05, 4.69) is 0 Å². The quantitative estimate of drug-likeness (QED) is 0.333. The van der Waals surface area contributed by atoms with Gasteiger partial charge in [-0.2, -0.15) is 0 Å². The fraction of sp³-hybridized carbons (Fsp3) is 0.556. The molecule has 0 bridgehead atoms. The van der Waals surface area contributed by atoms with Gasteiger partial charge in [0, 0.05) is 23.8 Å². The number of aliphatic carboxylic acids is 4. The molecule has 0 N–H and O–H groups in total. The van der Waals surface area contributed by atoms with E-state index in [1.54, 1.807) is 0 Å². The van der Waals surface area contributed by atoms with Crippen LogP contribution in [-0.2, 0) is 19.2 Å². The van der Waals surface area contributed by atoms with Crippen LogP contribution in [0.2, 0.25) is 0 Å². The average molecular weight is 399 g/mol. The molecule has 0 aromatic rings. The molecule has 0 aliphatic heterocycles. The van der Waals surface area contributed by atoms with Crippen molar-refractivity contribution in [3.05, 3.63) is 0 Å². The van der Waals surface area contributed by atoms with Gasteiger partial charge in [0.15, 0.2) is 0 Å². The number of hydrogen-bond donors (Lipinski definition) is 0. The molecule has 1 saturated carbocycles. The maximum atomic E-state index is 10.9. The summed E-state index contributed by atoms with van der Waals surface area (Å²) in [5, 5.41) is 43.1. The van der Waals surface area contributed by atoms with E-state index in [0.717, 1.165) is 0 Å². The fourth-order valence-corrected chi connectivity index (χ4v) is 2.29. The molecule has 21 heavy (non-hydrogen) atoms. The minimum absolute atomic E-state index is 0. The summed E-state index contributed by atoms with van der Waals surface area (Å²) >= 11 is 0. The van der Waals surface area contributed by atoms with E-state index in [-0.39, 0.29) is 206 Å². The first kappa shape index (κ1) is 33.0. The first-order valence-electron chi connectivity index (χ1n) is 4.60. The van der Waals surface area contributed by atoms with Crippen LogP contribution in [0.4, 0.5) is 0 Å². The second-order valence-electron chi connectivity index (χ2n) is 3.76. The largest absolute Gasteiger partial charge is 1.00 e. The molecule has 0 aromatic heterocycles. The van der Waals surface area contributed by atoms with Gasteiger partial charge < -0.3 is 39.6 Å². The van der Waals surface area contributed by atoms with Gasteiger partial charge in [-0.05, 0) is 12.8 Å². The smallest absolute Gasteiger partial charge is 0.550 e. The summed E-state index contributed by atoms with van der Waals surface area (Å²) in [6, 6.07) is 0. The minimum Gasteiger partial charge on any atom is -0.550 e. The third-order valence-corrected chi connectivity index (χ3v) is 3.09. The number of carbonyl (C=O) groups is 4. The van der Waals surface area contributed by atoms with E-state index in [4.69, 9.17) is 0 Å². The topological polar surface area (TPSA) is 161 Å². The van der Waals surface area contributed by atoms with Crippen LogP contribution in [0, 0.1) is 17.3 Å². The van der Waals surface area contributed by atoms with E-state index >= 15 is 0 Å². The molecule has 0 aromatic carbocycles. The monoisotopic (exact) mass is 398 g/mol. The second-order valence-corrected chi connectivity index (χ2v) is 3.76. The standard InChI is InChI=1S/C9H10O8.4K/c10-5(11)3-1-2-4(6(12)13)9(3,7(14)15)8(16)17;;;;/h3-4H,1-2H2,(H,10,11)(H,12,13)(H,14,15)(H,16,17);;;;/q;4*+1/p-4. The van der Waals surface area contributed by atoms with Crippen molar-refractivity contribution in [3.8, 4) is 0 Å². The van der Waals surface area contributed by atoms with Gasteiger partial charge in [0.1, 0.15) is 0 Å². The molecule has 1 aliphatic rings. The molecule has 0 heterocycles. The summed E-state index contributed by atoms with van der Waals surface area (Å²) in [5.41, 5.74) is -3.14. The van der Waals surface area contributed by atoms with Crippen LogP contribution >= 0.6 is 0 Å². The zero-order valence-electron chi connectivity index (χ0n) is 12.3. The molecule has 1 fully saturated rings. The normalized spacial score (nSPS) is 21.3. The van der Waals surface area contributed by atoms with Gasteiger partial charge in [0.25, 0.3) is 0 Å². The van der Waals surface area contributed by atoms with Crippen molar-refractivity contribution in [2.75, 3.05) is 0 Å². The van der Waals surface area contributed by atoms with E-state index in [1.807, 2.05) is 0 Å². The molecule has 2 unspecified atom stereocenters. The Labute approximate surface area is 290 Å². The third kappa shape index (κ3) is 7.16. The predicted octanol–water partition coefficient (Wildman–Crippen LogP) is -18.0. The van der Waals surface area contributed by atoms with Crippen molar-refractivity contribution in [1.29, 1.82) is 0 Å². The Bertz CT molecular complexity index is 375. The third-order valence-electron chi connectivity index (χ3n) is 3.09. The van der Waals surface area contributed by atoms with E-state index in [1.165, 1.54) is 0 Å². The number of hydrogen-bond acceptors (Lipinski definition) is 8. The van der Waals surface area contributed by atoms with Crippen molar-refractivity contribution in [3.63, 3.8) is 0 Å². The SMILES string of the molecule is O=C([O-])C1CCC(C(=O)[O-])C1(C(=O)[O-])C(=O)[O-].[K+].[K+].[K+].[K+]. The molecular weight excluding hydrogens is 392 g/mol. The first-order valence-corrected chi connectivity index (χ1v) is 4.60. The van der Waals surface area contributed by atoms with Crippen molar-refractivity contribution in [2.24, 2.45) is 17.3 Å². The summed E-state index contributed by atoms with van der Waals surface area (Å²) in [7, 11) is 0. The van der Waals surface area contributed by atoms with Crippen molar-refractivity contribution >= 4 is 23.9 Å². The molecule has 1 aliphatic carbocycles. The number of carboxylic acid groups (broad SMARTS) is 4. The summed E-state index contributed by atoms with van der Waals surface area (Å²) < 4.78 is 0. The van der Waals surface area contributed by atoms with Gasteiger partial charge in [0.05, 0.1) is 17.4 Å². The molecule has 1 rings (SSSR count). The van der Waals surface area contributed by atoms with Gasteiger partial charge in [-0.25, -0.2) is 0 Å². The van der Waals surface area contributed by atoms with Crippen LogP contribution in [0.1, 0.15) is 12.8 Å². The van der Waals surface area contributed by atoms with Crippen molar-refractivity contribution in [2.45, 2.75) is 12.8 Å². The molecule has 8 nitrogen and oxygen atoms in total. The van der Waals surface area contributed by atoms with Crippen LogP contribution in [0.25, 0.3) is 0 Å². The maximum absolute atomic E-state index is 10.9. The van der Waals surface area contributed by atoms with Crippen LogP contribution < -0.4 is 226 Å². The molecule has 0 spiro atoms. The van der Waals surface area contributed by atoms with Crippen molar-refractivity contribution < 1.29 is 245 Å². The second kappa shape index (κ2) is 14.5. The number of carboxylic acids is 4. The van der Waals surface area contributed by atoms with Crippen LogP contribution in [0.15, 0.2) is 0 Å². The number of rotatable bonds is 4. The Morgan fingerprint density at radius 1 is 0.667 bits per heavy atom. The maximum Gasteiger partial charge on any atom is 1.00 e. The predicted molar refractivity (Wildman–Crippen MR) is 38.7 cm³/mol. The molecule has 0 radical (unpaired) electrons. The first-order chi connectivity index (χ1) is 7.76. The zero-order chi connectivity index (χ0) is 13.4. The van der Waals surface area contributed by atoms with Crippen LogP contribution in [0.5, 0.6) is 0 Å². The molecule has 94 valence electrons. The number of carbonyl (C=O) groups excluding carboxylic acids is 4. The Kier molecular flexibility index (Phi) is 22.8. The van der Waals surface area contributed by atoms with E-state index < -0.39 is 54.0 Å². The minimum atomic E-state index is -3.14. The Hall–Kier alpha value is 4.43.